The van der Waals surface area contributed by atoms with Crippen LogP contribution in [0.15, 0.2) is 0 Å². The molecule has 0 amide bonds. The number of hydrogen-bond acceptors (Lipinski definition) is 3. The van der Waals surface area contributed by atoms with E-state index in [1.807, 2.05) is 0 Å². The molecule has 0 aliphatic rings. The molecule has 0 atom stereocenters. The molecule has 0 aromatic heterocycles. The van der Waals surface area contributed by atoms with E-state index in [0.29, 0.717) is 6.42 Å². The summed E-state index contributed by atoms with van der Waals surface area (Å²) >= 11 is 0. The molecule has 0 spiro atoms. The van der Waals surface area contributed by atoms with E-state index in [2.05, 4.69) is 6.92 Å². The van der Waals surface area contributed by atoms with Gasteiger partial charge in [0.25, 0.3) is 0 Å². The summed E-state index contributed by atoms with van der Waals surface area (Å²) in [5.74, 6) is -1.74. The smallest absolute Gasteiger partial charge is 0.550 e. The number of rotatable bonds is 16. The van der Waals surface area contributed by atoms with Gasteiger partial charge in [0.15, 0.2) is 0 Å². The molecular weight excluding hydrogens is 327 g/mol. The van der Waals surface area contributed by atoms with E-state index in [0.717, 1.165) is 19.8 Å². The minimum absolute atomic E-state index is 0. The number of unbranched alkanes of at least 4 members (excludes halogenated alkanes) is 14. The van der Waals surface area contributed by atoms with E-state index < -0.39 is 11.9 Å². The summed E-state index contributed by atoms with van der Waals surface area (Å²) in [7, 11) is 0. The summed E-state index contributed by atoms with van der Waals surface area (Å²) in [5, 5.41) is 17.4. The zero-order valence-corrected chi connectivity index (χ0v) is 19.0. The summed E-state index contributed by atoms with van der Waals surface area (Å²) in [6.07, 6.45) is 20.2. The molecule has 5 heteroatoms. The van der Waals surface area contributed by atoms with Gasteiger partial charge < -0.3 is 15.0 Å². The topological polar surface area (TPSA) is 77.4 Å². The second-order valence-electron chi connectivity index (χ2n) is 6.59. The first-order valence-electron chi connectivity index (χ1n) is 9.90. The van der Waals surface area contributed by atoms with Crippen LogP contribution in [0, 0.1) is 0 Å². The number of carbonyl (C=O) groups excluding carboxylic acids is 1. The van der Waals surface area contributed by atoms with Gasteiger partial charge in [-0.15, -0.1) is 0 Å². The van der Waals surface area contributed by atoms with Gasteiger partial charge in [-0.1, -0.05) is 96.8 Å². The Labute approximate surface area is 177 Å². The summed E-state index contributed by atoms with van der Waals surface area (Å²) in [4.78, 5) is 19.2. The SMILES string of the molecule is CC(=O)[O-].CCCCCCCCCCCCCCCCCC(=O)O.[Na+]. The Morgan fingerprint density at radius 3 is 1.16 bits per heavy atom. The van der Waals surface area contributed by atoms with Crippen molar-refractivity contribution in [1.29, 1.82) is 0 Å². The predicted molar refractivity (Wildman–Crippen MR) is 97.9 cm³/mol. The molecule has 144 valence electrons. The normalized spacial score (nSPS) is 9.68. The Bertz CT molecular complexity index is 279. The van der Waals surface area contributed by atoms with Crippen molar-refractivity contribution < 1.29 is 49.4 Å². The summed E-state index contributed by atoms with van der Waals surface area (Å²) in [6, 6.07) is 0. The van der Waals surface area contributed by atoms with Crippen molar-refractivity contribution in [3.8, 4) is 0 Å². The predicted octanol–water partition coefficient (Wildman–Crippen LogP) is 2.09. The van der Waals surface area contributed by atoms with Gasteiger partial charge in [-0.2, -0.15) is 0 Å². The van der Waals surface area contributed by atoms with E-state index in [4.69, 9.17) is 15.0 Å². The summed E-state index contributed by atoms with van der Waals surface area (Å²) in [6.45, 7) is 3.24. The first kappa shape index (κ1) is 29.7. The minimum atomic E-state index is -1.08. The molecule has 0 heterocycles. The molecule has 0 rings (SSSR count). The first-order chi connectivity index (χ1) is 11.5. The zero-order chi connectivity index (χ0) is 18.5. The monoisotopic (exact) mass is 366 g/mol. The minimum Gasteiger partial charge on any atom is -0.550 e. The van der Waals surface area contributed by atoms with Crippen molar-refractivity contribution in [3.05, 3.63) is 0 Å². The third kappa shape index (κ3) is 40.2. The van der Waals surface area contributed by atoms with Crippen LogP contribution in [0.5, 0.6) is 0 Å². The van der Waals surface area contributed by atoms with Gasteiger partial charge in [-0.3, -0.25) is 4.79 Å². The maximum atomic E-state index is 10.3. The van der Waals surface area contributed by atoms with E-state index >= 15 is 0 Å². The largest absolute Gasteiger partial charge is 1.00 e. The van der Waals surface area contributed by atoms with Crippen LogP contribution in [-0.2, 0) is 9.59 Å². The van der Waals surface area contributed by atoms with Crippen LogP contribution >= 0.6 is 0 Å². The second kappa shape index (κ2) is 26.2. The fourth-order valence-electron chi connectivity index (χ4n) is 2.65. The summed E-state index contributed by atoms with van der Waals surface area (Å²) < 4.78 is 0. The Morgan fingerprint density at radius 1 is 0.680 bits per heavy atom. The van der Waals surface area contributed by atoms with Crippen LogP contribution in [-0.4, -0.2) is 17.0 Å². The average Bonchev–Trinajstić information content (AvgIpc) is 2.50. The Morgan fingerprint density at radius 2 is 0.920 bits per heavy atom. The van der Waals surface area contributed by atoms with Gasteiger partial charge >= 0.3 is 35.5 Å². The van der Waals surface area contributed by atoms with Crippen molar-refractivity contribution in [2.75, 3.05) is 0 Å². The molecule has 1 N–H and O–H groups in total. The van der Waals surface area contributed by atoms with E-state index in [1.165, 1.54) is 83.5 Å². The van der Waals surface area contributed by atoms with Crippen LogP contribution in [0.1, 0.15) is 117 Å². The molecule has 0 aromatic rings. The molecule has 0 aromatic carbocycles. The zero-order valence-electron chi connectivity index (χ0n) is 17.0. The third-order valence-corrected chi connectivity index (χ3v) is 3.99. The van der Waals surface area contributed by atoms with Crippen LogP contribution < -0.4 is 34.7 Å². The van der Waals surface area contributed by atoms with Crippen molar-refractivity contribution in [3.63, 3.8) is 0 Å². The third-order valence-electron chi connectivity index (χ3n) is 3.99. The van der Waals surface area contributed by atoms with Crippen molar-refractivity contribution in [1.82, 2.24) is 0 Å². The van der Waals surface area contributed by atoms with Gasteiger partial charge in [0.1, 0.15) is 0 Å². The summed E-state index contributed by atoms with van der Waals surface area (Å²) in [5.41, 5.74) is 0. The van der Waals surface area contributed by atoms with E-state index in [-0.39, 0.29) is 29.6 Å². The van der Waals surface area contributed by atoms with Gasteiger partial charge in [0, 0.05) is 12.4 Å². The van der Waals surface area contributed by atoms with Crippen LogP contribution in [0.25, 0.3) is 0 Å². The average molecular weight is 367 g/mol. The van der Waals surface area contributed by atoms with Crippen molar-refractivity contribution in [2.24, 2.45) is 0 Å². The molecule has 4 nitrogen and oxygen atoms in total. The van der Waals surface area contributed by atoms with Crippen molar-refractivity contribution in [2.45, 2.75) is 117 Å². The maximum Gasteiger partial charge on any atom is 1.00 e. The second-order valence-corrected chi connectivity index (χ2v) is 6.59. The fourth-order valence-corrected chi connectivity index (χ4v) is 2.65. The quantitative estimate of drug-likeness (QED) is 0.335. The Kier molecular flexibility index (Phi) is 31.1. The van der Waals surface area contributed by atoms with E-state index in [9.17, 15) is 4.79 Å². The molecule has 0 fully saturated rings. The molecule has 0 bridgehead atoms. The molecule has 0 saturated heterocycles. The molecular formula is C20H39NaO4. The van der Waals surface area contributed by atoms with Crippen molar-refractivity contribution >= 4 is 11.9 Å². The molecule has 0 saturated carbocycles. The maximum absolute atomic E-state index is 10.3. The molecule has 25 heavy (non-hydrogen) atoms. The van der Waals surface area contributed by atoms with E-state index in [1.54, 1.807) is 0 Å². The van der Waals surface area contributed by atoms with Crippen LogP contribution in [0.4, 0.5) is 0 Å². The van der Waals surface area contributed by atoms with Gasteiger partial charge in [-0.05, 0) is 13.3 Å². The van der Waals surface area contributed by atoms with Gasteiger partial charge in [-0.25, -0.2) is 0 Å². The fraction of sp³-hybridized carbons (Fsp3) is 0.900. The number of aliphatic carboxylic acids is 2. The molecule has 0 unspecified atom stereocenters. The Balaban J connectivity index is -0.000000867. The first-order valence-corrected chi connectivity index (χ1v) is 9.90. The standard InChI is InChI=1S/C18H36O2.C2H4O2.Na/c1-2-3-4-5-6-7-8-9-10-11-12-13-14-15-16-17-18(19)20;1-2(3)4;/h2-17H2,1H3,(H,19,20);1H3,(H,3,4);/q;;+1/p-1. The van der Waals surface area contributed by atoms with Crippen LogP contribution in [0.3, 0.4) is 0 Å². The number of hydrogen-bond donors (Lipinski definition) is 1. The number of carbonyl (C=O) groups is 2. The number of carboxylic acid groups (broad SMARTS) is 2. The Hall–Kier alpha value is -0.0600. The molecule has 0 aliphatic carbocycles. The van der Waals surface area contributed by atoms with Gasteiger partial charge in [0.05, 0.1) is 0 Å². The van der Waals surface area contributed by atoms with Gasteiger partial charge in [0.2, 0.25) is 0 Å². The molecule has 0 aliphatic heterocycles. The number of carboxylic acids is 2. The van der Waals surface area contributed by atoms with Crippen LogP contribution in [0.2, 0.25) is 0 Å². The molecule has 0 radical (unpaired) electrons.